The molecule has 1 heterocycles. The van der Waals surface area contributed by atoms with Gasteiger partial charge in [-0.2, -0.15) is 4.68 Å². The molecule has 8 heteroatoms. The average molecular weight is 264 g/mol. The van der Waals surface area contributed by atoms with Gasteiger partial charge in [0.15, 0.2) is 17.3 Å². The molecule has 0 aliphatic carbocycles. The number of hydrogen-bond acceptors (Lipinski definition) is 6. The van der Waals surface area contributed by atoms with Gasteiger partial charge in [-0.15, -0.1) is 5.10 Å². The summed E-state index contributed by atoms with van der Waals surface area (Å²) in [4.78, 5) is 11.3. The second-order valence-corrected chi connectivity index (χ2v) is 3.67. The molecule has 0 unspecified atom stereocenters. The lowest BCUT2D eigenvalue weighted by molar-refractivity contribution is 0.0696. The first kappa shape index (κ1) is 12.8. The van der Waals surface area contributed by atoms with Crippen molar-refractivity contribution < 1.29 is 19.4 Å². The Morgan fingerprint density at radius 1 is 1.26 bits per heavy atom. The highest BCUT2D eigenvalue weighted by molar-refractivity contribution is 5.93. The van der Waals surface area contributed by atoms with Crippen LogP contribution in [-0.4, -0.2) is 45.5 Å². The normalized spacial score (nSPS) is 10.3. The van der Waals surface area contributed by atoms with Crippen LogP contribution in [0.15, 0.2) is 12.1 Å². The summed E-state index contributed by atoms with van der Waals surface area (Å²) in [6.07, 6.45) is 0. The van der Waals surface area contributed by atoms with E-state index < -0.39 is 5.97 Å². The van der Waals surface area contributed by atoms with Crippen LogP contribution in [0, 0.1) is 6.92 Å². The molecule has 2 aromatic rings. The van der Waals surface area contributed by atoms with Gasteiger partial charge in [0.05, 0.1) is 25.5 Å². The van der Waals surface area contributed by atoms with E-state index in [4.69, 9.17) is 9.47 Å². The smallest absolute Gasteiger partial charge is 0.338 e. The molecule has 1 N–H and O–H groups in total. The number of tetrazole rings is 1. The first-order valence-corrected chi connectivity index (χ1v) is 5.33. The van der Waals surface area contributed by atoms with Gasteiger partial charge in [-0.3, -0.25) is 0 Å². The number of benzene rings is 1. The Labute approximate surface area is 108 Å². The second-order valence-electron chi connectivity index (χ2n) is 3.67. The van der Waals surface area contributed by atoms with Crippen LogP contribution in [0.25, 0.3) is 5.69 Å². The van der Waals surface area contributed by atoms with Gasteiger partial charge in [0.2, 0.25) is 0 Å². The van der Waals surface area contributed by atoms with Crippen molar-refractivity contribution in [2.75, 3.05) is 14.2 Å². The highest BCUT2D eigenvalue weighted by Gasteiger charge is 2.19. The Morgan fingerprint density at radius 2 is 1.89 bits per heavy atom. The summed E-state index contributed by atoms with van der Waals surface area (Å²) in [5.74, 6) is 0.0901. The van der Waals surface area contributed by atoms with Crippen molar-refractivity contribution in [2.24, 2.45) is 0 Å². The van der Waals surface area contributed by atoms with Crippen molar-refractivity contribution in [3.63, 3.8) is 0 Å². The number of carboxylic acid groups (broad SMARTS) is 1. The van der Waals surface area contributed by atoms with E-state index in [0.717, 1.165) is 0 Å². The van der Waals surface area contributed by atoms with Crippen LogP contribution in [0.5, 0.6) is 11.5 Å². The fourth-order valence-electron chi connectivity index (χ4n) is 1.67. The molecule has 0 saturated heterocycles. The molecule has 0 aliphatic rings. The van der Waals surface area contributed by atoms with Crippen molar-refractivity contribution >= 4 is 5.97 Å². The van der Waals surface area contributed by atoms with Crippen molar-refractivity contribution in [2.45, 2.75) is 6.92 Å². The zero-order valence-corrected chi connectivity index (χ0v) is 10.6. The zero-order chi connectivity index (χ0) is 14.0. The lowest BCUT2D eigenvalue weighted by atomic mass is 10.1. The molecule has 0 amide bonds. The number of aryl methyl sites for hydroxylation is 1. The predicted molar refractivity (Wildman–Crippen MR) is 64.0 cm³/mol. The fraction of sp³-hybridized carbons (Fsp3) is 0.273. The number of aromatic carboxylic acids is 1. The molecular formula is C11H12N4O4. The molecule has 0 bridgehead atoms. The van der Waals surface area contributed by atoms with Crippen LogP contribution in [0.2, 0.25) is 0 Å². The van der Waals surface area contributed by atoms with Crippen molar-refractivity contribution in [3.8, 4) is 17.2 Å². The average Bonchev–Trinajstić information content (AvgIpc) is 2.83. The number of methoxy groups -OCH3 is 2. The van der Waals surface area contributed by atoms with Crippen LogP contribution in [0.1, 0.15) is 16.2 Å². The van der Waals surface area contributed by atoms with Crippen molar-refractivity contribution in [3.05, 3.63) is 23.5 Å². The Morgan fingerprint density at radius 3 is 2.37 bits per heavy atom. The van der Waals surface area contributed by atoms with Crippen molar-refractivity contribution in [1.29, 1.82) is 0 Å². The maximum absolute atomic E-state index is 11.3. The SMILES string of the molecule is COc1cc(C(=O)O)c(-n2nnnc2C)cc1OC. The third-order valence-electron chi connectivity index (χ3n) is 2.59. The van der Waals surface area contributed by atoms with E-state index in [2.05, 4.69) is 15.5 Å². The Hall–Kier alpha value is -2.64. The minimum absolute atomic E-state index is 0.0213. The van der Waals surface area contributed by atoms with Gasteiger partial charge in [-0.1, -0.05) is 0 Å². The van der Waals surface area contributed by atoms with Gasteiger partial charge in [-0.25, -0.2) is 4.79 Å². The van der Waals surface area contributed by atoms with Crippen LogP contribution < -0.4 is 9.47 Å². The Balaban J connectivity index is 2.71. The highest BCUT2D eigenvalue weighted by atomic mass is 16.5. The molecule has 0 fully saturated rings. The fourth-order valence-corrected chi connectivity index (χ4v) is 1.67. The summed E-state index contributed by atoms with van der Waals surface area (Å²) >= 11 is 0. The molecule has 0 atom stereocenters. The lowest BCUT2D eigenvalue weighted by Gasteiger charge is -2.12. The van der Waals surface area contributed by atoms with Gasteiger partial charge in [0.25, 0.3) is 0 Å². The molecule has 1 aromatic heterocycles. The highest BCUT2D eigenvalue weighted by Crippen LogP contribution is 2.32. The van der Waals surface area contributed by atoms with Crippen LogP contribution in [-0.2, 0) is 0 Å². The molecule has 1 aromatic carbocycles. The van der Waals surface area contributed by atoms with E-state index >= 15 is 0 Å². The Kier molecular flexibility index (Phi) is 3.32. The predicted octanol–water partition coefficient (Wildman–Crippen LogP) is 0.686. The third kappa shape index (κ3) is 2.19. The maximum atomic E-state index is 11.3. The van der Waals surface area contributed by atoms with Gasteiger partial charge < -0.3 is 14.6 Å². The number of ether oxygens (including phenoxy) is 2. The molecule has 8 nitrogen and oxygen atoms in total. The minimum atomic E-state index is -1.11. The topological polar surface area (TPSA) is 99.4 Å². The van der Waals surface area contributed by atoms with Crippen LogP contribution in [0.4, 0.5) is 0 Å². The van der Waals surface area contributed by atoms with Crippen LogP contribution >= 0.6 is 0 Å². The summed E-state index contributed by atoms with van der Waals surface area (Å²) in [6, 6.07) is 2.89. The molecular weight excluding hydrogens is 252 g/mol. The molecule has 0 radical (unpaired) electrons. The number of hydrogen-bond donors (Lipinski definition) is 1. The number of carboxylic acids is 1. The summed E-state index contributed by atoms with van der Waals surface area (Å²) < 4.78 is 11.6. The summed E-state index contributed by atoms with van der Waals surface area (Å²) in [5, 5.41) is 20.2. The van der Waals surface area contributed by atoms with Crippen LogP contribution in [0.3, 0.4) is 0 Å². The number of carbonyl (C=O) groups is 1. The molecule has 0 spiro atoms. The first-order chi connectivity index (χ1) is 9.08. The second kappa shape index (κ2) is 4.92. The zero-order valence-electron chi connectivity index (χ0n) is 10.6. The molecule has 2 rings (SSSR count). The quantitative estimate of drug-likeness (QED) is 0.866. The van der Waals surface area contributed by atoms with Crippen molar-refractivity contribution in [1.82, 2.24) is 20.2 Å². The first-order valence-electron chi connectivity index (χ1n) is 5.33. The lowest BCUT2D eigenvalue weighted by Crippen LogP contribution is -2.09. The Bertz CT molecular complexity index is 623. The standard InChI is InChI=1S/C11H12N4O4/c1-6-12-13-14-15(6)8-5-10(19-3)9(18-2)4-7(8)11(16)17/h4-5H,1-3H3,(H,16,17). The minimum Gasteiger partial charge on any atom is -0.493 e. The molecule has 100 valence electrons. The van der Waals surface area contributed by atoms with Gasteiger partial charge in [0, 0.05) is 12.1 Å². The molecule has 0 aliphatic heterocycles. The van der Waals surface area contributed by atoms with Gasteiger partial charge in [0.1, 0.15) is 0 Å². The number of rotatable bonds is 4. The summed E-state index contributed by atoms with van der Waals surface area (Å²) in [6.45, 7) is 1.67. The van der Waals surface area contributed by atoms with E-state index in [0.29, 0.717) is 23.0 Å². The van der Waals surface area contributed by atoms with E-state index in [1.807, 2.05) is 0 Å². The summed E-state index contributed by atoms with van der Waals surface area (Å²) in [7, 11) is 2.90. The molecule has 19 heavy (non-hydrogen) atoms. The maximum Gasteiger partial charge on any atom is 0.338 e. The largest absolute Gasteiger partial charge is 0.493 e. The number of aromatic nitrogens is 4. The molecule has 0 saturated carbocycles. The number of nitrogens with zero attached hydrogens (tertiary/aromatic N) is 4. The van der Waals surface area contributed by atoms with E-state index in [-0.39, 0.29) is 5.56 Å². The van der Waals surface area contributed by atoms with E-state index in [9.17, 15) is 9.90 Å². The van der Waals surface area contributed by atoms with Gasteiger partial charge in [-0.05, 0) is 17.4 Å². The third-order valence-corrected chi connectivity index (χ3v) is 2.59. The monoisotopic (exact) mass is 264 g/mol. The van der Waals surface area contributed by atoms with E-state index in [1.54, 1.807) is 6.92 Å². The van der Waals surface area contributed by atoms with E-state index in [1.165, 1.54) is 31.0 Å². The van der Waals surface area contributed by atoms with Gasteiger partial charge >= 0.3 is 5.97 Å². The summed E-state index contributed by atoms with van der Waals surface area (Å²) in [5.41, 5.74) is 0.334.